The van der Waals surface area contributed by atoms with Crippen LogP contribution in [0.25, 0.3) is 0 Å². The Morgan fingerprint density at radius 3 is 2.63 bits per heavy atom. The van der Waals surface area contributed by atoms with E-state index in [1.807, 2.05) is 0 Å². The van der Waals surface area contributed by atoms with Gasteiger partial charge in [-0.05, 0) is 40.0 Å². The van der Waals surface area contributed by atoms with Crippen LogP contribution in [0.3, 0.4) is 0 Å². The van der Waals surface area contributed by atoms with E-state index in [1.165, 1.54) is 38.8 Å². The number of nitrogens with one attached hydrogen (secondary N) is 2. The number of nitrogens with zero attached hydrogens (tertiary/aromatic N) is 1. The number of piperazine rings is 1. The molecule has 0 radical (unpaired) electrons. The van der Waals surface area contributed by atoms with Crippen molar-refractivity contribution in [3.05, 3.63) is 0 Å². The van der Waals surface area contributed by atoms with Gasteiger partial charge in [-0.1, -0.05) is 6.42 Å². The fourth-order valence-electron chi connectivity index (χ4n) is 3.10. The average Bonchev–Trinajstić information content (AvgIpc) is 2.39. The topological polar surface area (TPSA) is 36.5 Å². The van der Waals surface area contributed by atoms with Crippen molar-refractivity contribution in [3.63, 3.8) is 0 Å². The number of hydrogen-bond acceptors (Lipinski definition) is 4. The molecular weight excluding hydrogens is 238 g/mol. The molecule has 1 saturated carbocycles. The van der Waals surface area contributed by atoms with E-state index in [0.717, 1.165) is 19.1 Å². The van der Waals surface area contributed by atoms with Crippen molar-refractivity contribution in [3.8, 4) is 0 Å². The molecule has 2 N–H and O–H groups in total. The molecule has 2 aliphatic rings. The van der Waals surface area contributed by atoms with E-state index in [0.29, 0.717) is 12.8 Å². The zero-order valence-electron chi connectivity index (χ0n) is 12.9. The maximum absolute atomic E-state index is 5.78. The zero-order valence-corrected chi connectivity index (χ0v) is 12.9. The van der Waals surface area contributed by atoms with Crippen LogP contribution in [0.15, 0.2) is 0 Å². The average molecular weight is 269 g/mol. The van der Waals surface area contributed by atoms with Crippen LogP contribution in [0.5, 0.6) is 0 Å². The molecule has 0 aromatic heterocycles. The third kappa shape index (κ3) is 5.38. The van der Waals surface area contributed by atoms with Crippen molar-refractivity contribution in [1.29, 1.82) is 0 Å². The summed E-state index contributed by atoms with van der Waals surface area (Å²) in [6.07, 6.45) is 5.31. The molecule has 4 heteroatoms. The Balaban J connectivity index is 1.70. The minimum absolute atomic E-state index is 0.0421. The Labute approximate surface area is 118 Å². The second-order valence-electron chi connectivity index (χ2n) is 6.91. The van der Waals surface area contributed by atoms with Crippen LogP contribution in [-0.2, 0) is 4.74 Å². The number of ether oxygens (including phenoxy) is 1. The molecule has 2 atom stereocenters. The van der Waals surface area contributed by atoms with Crippen LogP contribution in [0.4, 0.5) is 0 Å². The van der Waals surface area contributed by atoms with Crippen molar-refractivity contribution in [2.24, 2.45) is 0 Å². The standard InChI is InChI=1S/C15H31N3O/c1-15(2,3)19-12-17-13-5-4-6-14(11-13)18-9-7-16-8-10-18/h13-14,16-17H,4-12H2,1-3H3/t13-,14?/m1/s1. The maximum atomic E-state index is 5.78. The van der Waals surface area contributed by atoms with E-state index in [9.17, 15) is 0 Å². The van der Waals surface area contributed by atoms with E-state index >= 15 is 0 Å². The fraction of sp³-hybridized carbons (Fsp3) is 1.00. The lowest BCUT2D eigenvalue weighted by Gasteiger charge is -2.40. The normalized spacial score (nSPS) is 30.5. The third-order valence-corrected chi connectivity index (χ3v) is 4.19. The summed E-state index contributed by atoms with van der Waals surface area (Å²) in [5.74, 6) is 0. The predicted octanol–water partition coefficient (Wildman–Crippen LogP) is 1.56. The smallest absolute Gasteiger partial charge is 0.0974 e. The highest BCUT2D eigenvalue weighted by atomic mass is 16.5. The molecule has 1 heterocycles. The van der Waals surface area contributed by atoms with Gasteiger partial charge in [-0.2, -0.15) is 0 Å². The molecule has 19 heavy (non-hydrogen) atoms. The lowest BCUT2D eigenvalue weighted by atomic mass is 9.89. The van der Waals surface area contributed by atoms with Gasteiger partial charge in [0, 0.05) is 38.3 Å². The van der Waals surface area contributed by atoms with Crippen molar-refractivity contribution in [2.75, 3.05) is 32.9 Å². The second kappa shape index (κ2) is 7.02. The molecular formula is C15H31N3O. The van der Waals surface area contributed by atoms with Crippen LogP contribution >= 0.6 is 0 Å². The first-order valence-electron chi connectivity index (χ1n) is 7.87. The van der Waals surface area contributed by atoms with Gasteiger partial charge in [0.1, 0.15) is 0 Å². The Morgan fingerprint density at radius 2 is 1.95 bits per heavy atom. The number of hydrogen-bond donors (Lipinski definition) is 2. The molecule has 1 unspecified atom stereocenters. The molecule has 0 spiro atoms. The monoisotopic (exact) mass is 269 g/mol. The molecule has 1 aliphatic carbocycles. The minimum atomic E-state index is -0.0421. The molecule has 0 aromatic rings. The SMILES string of the molecule is CC(C)(C)OCN[C@@H]1CCCC(N2CCNCC2)C1. The van der Waals surface area contributed by atoms with Gasteiger partial charge in [0.15, 0.2) is 0 Å². The Bertz CT molecular complexity index is 259. The first-order valence-corrected chi connectivity index (χ1v) is 7.87. The molecule has 1 saturated heterocycles. The Hall–Kier alpha value is -0.160. The van der Waals surface area contributed by atoms with Crippen molar-refractivity contribution in [1.82, 2.24) is 15.5 Å². The van der Waals surface area contributed by atoms with Crippen LogP contribution in [0.2, 0.25) is 0 Å². The van der Waals surface area contributed by atoms with Crippen LogP contribution in [-0.4, -0.2) is 55.5 Å². The molecule has 1 aliphatic heterocycles. The van der Waals surface area contributed by atoms with Gasteiger partial charge in [0.25, 0.3) is 0 Å². The summed E-state index contributed by atoms with van der Waals surface area (Å²) in [6, 6.07) is 1.42. The van der Waals surface area contributed by atoms with E-state index in [4.69, 9.17) is 4.74 Å². The first kappa shape index (κ1) is 15.2. The van der Waals surface area contributed by atoms with Crippen LogP contribution in [0, 0.1) is 0 Å². The zero-order chi connectivity index (χ0) is 13.7. The summed E-state index contributed by atoms with van der Waals surface area (Å²) in [7, 11) is 0. The van der Waals surface area contributed by atoms with E-state index in [1.54, 1.807) is 0 Å². The first-order chi connectivity index (χ1) is 9.04. The highest BCUT2D eigenvalue weighted by Gasteiger charge is 2.27. The maximum Gasteiger partial charge on any atom is 0.0974 e. The Morgan fingerprint density at radius 1 is 1.21 bits per heavy atom. The molecule has 112 valence electrons. The number of rotatable bonds is 4. The molecule has 2 rings (SSSR count). The van der Waals surface area contributed by atoms with E-state index in [-0.39, 0.29) is 5.60 Å². The predicted molar refractivity (Wildman–Crippen MR) is 79.3 cm³/mol. The lowest BCUT2D eigenvalue weighted by Crippen LogP contribution is -2.51. The van der Waals surface area contributed by atoms with Gasteiger partial charge in [-0.25, -0.2) is 0 Å². The van der Waals surface area contributed by atoms with E-state index < -0.39 is 0 Å². The molecule has 0 amide bonds. The largest absolute Gasteiger partial charge is 0.361 e. The highest BCUT2D eigenvalue weighted by molar-refractivity contribution is 4.85. The molecule has 0 bridgehead atoms. The van der Waals surface area contributed by atoms with Crippen molar-refractivity contribution in [2.45, 2.75) is 64.1 Å². The summed E-state index contributed by atoms with van der Waals surface area (Å²) in [6.45, 7) is 11.8. The molecule has 2 fully saturated rings. The van der Waals surface area contributed by atoms with Gasteiger partial charge in [0.05, 0.1) is 12.3 Å². The quantitative estimate of drug-likeness (QED) is 0.760. The van der Waals surface area contributed by atoms with Gasteiger partial charge in [-0.3, -0.25) is 10.2 Å². The Kier molecular flexibility index (Phi) is 5.63. The van der Waals surface area contributed by atoms with Crippen molar-refractivity contribution < 1.29 is 4.74 Å². The van der Waals surface area contributed by atoms with Crippen molar-refractivity contribution >= 4 is 0 Å². The van der Waals surface area contributed by atoms with E-state index in [2.05, 4.69) is 36.3 Å². The molecule has 4 nitrogen and oxygen atoms in total. The summed E-state index contributed by atoms with van der Waals surface area (Å²) < 4.78 is 5.78. The minimum Gasteiger partial charge on any atom is -0.361 e. The highest BCUT2D eigenvalue weighted by Crippen LogP contribution is 2.23. The van der Waals surface area contributed by atoms with Gasteiger partial charge in [0.2, 0.25) is 0 Å². The summed E-state index contributed by atoms with van der Waals surface area (Å²) in [5.41, 5.74) is -0.0421. The van der Waals surface area contributed by atoms with Gasteiger partial charge >= 0.3 is 0 Å². The summed E-state index contributed by atoms with van der Waals surface area (Å²) in [5, 5.41) is 7.02. The van der Waals surface area contributed by atoms with Crippen LogP contribution < -0.4 is 10.6 Å². The molecule has 0 aromatic carbocycles. The van der Waals surface area contributed by atoms with Gasteiger partial charge in [-0.15, -0.1) is 0 Å². The lowest BCUT2D eigenvalue weighted by molar-refractivity contribution is -0.0208. The van der Waals surface area contributed by atoms with Gasteiger partial charge < -0.3 is 10.1 Å². The third-order valence-electron chi connectivity index (χ3n) is 4.19. The summed E-state index contributed by atoms with van der Waals surface area (Å²) in [4.78, 5) is 2.68. The van der Waals surface area contributed by atoms with Crippen LogP contribution in [0.1, 0.15) is 46.5 Å². The fourth-order valence-corrected chi connectivity index (χ4v) is 3.10. The second-order valence-corrected chi connectivity index (χ2v) is 6.91. The summed E-state index contributed by atoms with van der Waals surface area (Å²) >= 11 is 0.